The Morgan fingerprint density at radius 1 is 1.16 bits per heavy atom. The van der Waals surface area contributed by atoms with E-state index >= 15 is 0 Å². The second kappa shape index (κ2) is 9.54. The first-order valence-corrected chi connectivity index (χ1v) is 12.0. The third-order valence-corrected chi connectivity index (χ3v) is 7.13. The van der Waals surface area contributed by atoms with Gasteiger partial charge in [0, 0.05) is 33.6 Å². The van der Waals surface area contributed by atoms with Crippen LogP contribution in [0.1, 0.15) is 50.0 Å². The molecular formula is C25H30BrClN2O3. The average Bonchev–Trinajstić information content (AvgIpc) is 2.73. The maximum Gasteiger partial charge on any atom is 0.251 e. The summed E-state index contributed by atoms with van der Waals surface area (Å²) in [7, 11) is 0. The van der Waals surface area contributed by atoms with Gasteiger partial charge in [0.25, 0.3) is 5.91 Å². The highest BCUT2D eigenvalue weighted by molar-refractivity contribution is 9.10. The number of carbonyl (C=O) groups is 2. The van der Waals surface area contributed by atoms with E-state index in [-0.39, 0.29) is 17.7 Å². The van der Waals surface area contributed by atoms with Gasteiger partial charge >= 0.3 is 0 Å². The lowest BCUT2D eigenvalue weighted by molar-refractivity contribution is -0.155. The molecule has 0 saturated carbocycles. The lowest BCUT2D eigenvalue weighted by Crippen LogP contribution is -2.60. The summed E-state index contributed by atoms with van der Waals surface area (Å²) >= 11 is 9.40. The van der Waals surface area contributed by atoms with Crippen LogP contribution in [0, 0.1) is 11.3 Å². The summed E-state index contributed by atoms with van der Waals surface area (Å²) in [4.78, 5) is 28.0. The average molecular weight is 522 g/mol. The van der Waals surface area contributed by atoms with Crippen LogP contribution in [0.15, 0.2) is 53.0 Å². The van der Waals surface area contributed by atoms with Crippen molar-refractivity contribution in [1.82, 2.24) is 10.2 Å². The van der Waals surface area contributed by atoms with E-state index in [0.29, 0.717) is 30.1 Å². The van der Waals surface area contributed by atoms with Gasteiger partial charge in [-0.05, 0) is 48.2 Å². The van der Waals surface area contributed by atoms with E-state index in [2.05, 4.69) is 21.2 Å². The molecule has 0 unspecified atom stereocenters. The van der Waals surface area contributed by atoms with Crippen molar-refractivity contribution >= 4 is 39.3 Å². The van der Waals surface area contributed by atoms with Crippen molar-refractivity contribution in [3.05, 3.63) is 69.2 Å². The SMILES string of the molecule is CC(C)[C@@H](NC(=O)c1cccc(Br)c1)C(=O)N1CC[C@](O)(c2ccc(Cl)cc2)C(C)(C)C1. The molecule has 2 aromatic carbocycles. The molecule has 0 radical (unpaired) electrons. The van der Waals surface area contributed by atoms with Gasteiger partial charge in [0.05, 0.1) is 5.60 Å². The van der Waals surface area contributed by atoms with Gasteiger partial charge in [-0.2, -0.15) is 0 Å². The zero-order valence-corrected chi connectivity index (χ0v) is 21.2. The number of hydrogen-bond acceptors (Lipinski definition) is 3. The molecule has 1 heterocycles. The van der Waals surface area contributed by atoms with E-state index in [1.54, 1.807) is 35.2 Å². The molecule has 1 aliphatic rings. The first-order valence-electron chi connectivity index (χ1n) is 10.8. The lowest BCUT2D eigenvalue weighted by atomic mass is 9.66. The van der Waals surface area contributed by atoms with Gasteiger partial charge in [0.1, 0.15) is 6.04 Å². The molecule has 3 rings (SSSR count). The van der Waals surface area contributed by atoms with Crippen LogP contribution in [-0.2, 0) is 10.4 Å². The number of likely N-dealkylation sites (tertiary alicyclic amines) is 1. The first-order chi connectivity index (χ1) is 14.9. The summed E-state index contributed by atoms with van der Waals surface area (Å²) in [5.41, 5.74) is -0.387. The number of hydrogen-bond donors (Lipinski definition) is 2. The number of nitrogens with one attached hydrogen (secondary N) is 1. The Balaban J connectivity index is 1.77. The molecule has 2 aromatic rings. The summed E-state index contributed by atoms with van der Waals surface area (Å²) < 4.78 is 0.803. The topological polar surface area (TPSA) is 69.6 Å². The van der Waals surface area contributed by atoms with E-state index in [0.717, 1.165) is 10.0 Å². The molecule has 2 amide bonds. The van der Waals surface area contributed by atoms with Crippen molar-refractivity contribution < 1.29 is 14.7 Å². The van der Waals surface area contributed by atoms with E-state index in [1.165, 1.54) is 0 Å². The summed E-state index contributed by atoms with van der Waals surface area (Å²) in [6.45, 7) is 8.54. The number of nitrogens with zero attached hydrogens (tertiary/aromatic N) is 1. The minimum absolute atomic E-state index is 0.0845. The maximum atomic E-state index is 13.5. The normalized spacial score (nSPS) is 21.3. The standard InChI is InChI=1S/C25H30BrClN2O3/c1-16(2)21(28-22(30)17-6-5-7-19(26)14-17)23(31)29-13-12-25(32,24(3,4)15-29)18-8-10-20(27)11-9-18/h5-11,14,16,21,32H,12-13,15H2,1-4H3,(H,28,30)/t21-,25+/m1/s1. The van der Waals surface area contributed by atoms with Crippen LogP contribution in [0.4, 0.5) is 0 Å². The number of benzene rings is 2. The zero-order chi connectivity index (χ0) is 23.7. The number of aliphatic hydroxyl groups is 1. The van der Waals surface area contributed by atoms with Crippen LogP contribution in [0.3, 0.4) is 0 Å². The largest absolute Gasteiger partial charge is 0.384 e. The first kappa shape index (κ1) is 24.7. The molecule has 2 atom stereocenters. The predicted molar refractivity (Wildman–Crippen MR) is 131 cm³/mol. The summed E-state index contributed by atoms with van der Waals surface area (Å²) in [6, 6.07) is 13.7. The van der Waals surface area contributed by atoms with Crippen LogP contribution >= 0.6 is 27.5 Å². The molecule has 7 heteroatoms. The lowest BCUT2D eigenvalue weighted by Gasteiger charge is -2.51. The highest BCUT2D eigenvalue weighted by Crippen LogP contribution is 2.46. The van der Waals surface area contributed by atoms with Gasteiger partial charge in [0.2, 0.25) is 5.91 Å². The highest BCUT2D eigenvalue weighted by Gasteiger charge is 2.50. The Morgan fingerprint density at radius 3 is 2.38 bits per heavy atom. The molecule has 2 N–H and O–H groups in total. The molecule has 5 nitrogen and oxygen atoms in total. The fourth-order valence-corrected chi connectivity index (χ4v) is 4.86. The van der Waals surface area contributed by atoms with Crippen molar-refractivity contribution in [3.8, 4) is 0 Å². The number of amides is 2. The molecule has 172 valence electrons. The molecular weight excluding hydrogens is 492 g/mol. The van der Waals surface area contributed by atoms with E-state index in [4.69, 9.17) is 11.6 Å². The zero-order valence-electron chi connectivity index (χ0n) is 18.9. The minimum atomic E-state index is -1.08. The number of rotatable bonds is 5. The van der Waals surface area contributed by atoms with Crippen LogP contribution < -0.4 is 5.32 Å². The molecule has 0 bridgehead atoms. The van der Waals surface area contributed by atoms with Gasteiger partial charge < -0.3 is 15.3 Å². The second-order valence-corrected chi connectivity index (χ2v) is 10.8. The van der Waals surface area contributed by atoms with Crippen LogP contribution in [0.2, 0.25) is 5.02 Å². The predicted octanol–water partition coefficient (Wildman–Crippen LogP) is 5.00. The number of piperidine rings is 1. The van der Waals surface area contributed by atoms with Crippen molar-refractivity contribution in [3.63, 3.8) is 0 Å². The number of carbonyl (C=O) groups excluding carboxylic acids is 2. The van der Waals surface area contributed by atoms with Crippen molar-refractivity contribution in [2.75, 3.05) is 13.1 Å². The van der Waals surface area contributed by atoms with E-state index in [9.17, 15) is 14.7 Å². The molecule has 32 heavy (non-hydrogen) atoms. The van der Waals surface area contributed by atoms with Gasteiger partial charge in [-0.25, -0.2) is 0 Å². The summed E-state index contributed by atoms with van der Waals surface area (Å²) in [5.74, 6) is -0.499. The Labute approximate surface area is 203 Å². The Hall–Kier alpha value is -1.89. The molecule has 1 aliphatic heterocycles. The quantitative estimate of drug-likeness (QED) is 0.581. The third kappa shape index (κ3) is 5.03. The second-order valence-electron chi connectivity index (χ2n) is 9.47. The van der Waals surface area contributed by atoms with E-state index < -0.39 is 17.1 Å². The van der Waals surface area contributed by atoms with E-state index in [1.807, 2.05) is 45.9 Å². The third-order valence-electron chi connectivity index (χ3n) is 6.39. The Kier molecular flexibility index (Phi) is 7.38. The fraction of sp³-hybridized carbons (Fsp3) is 0.440. The van der Waals surface area contributed by atoms with Gasteiger partial charge in [0.15, 0.2) is 0 Å². The highest BCUT2D eigenvalue weighted by atomic mass is 79.9. The molecule has 1 fully saturated rings. The summed E-state index contributed by atoms with van der Waals surface area (Å²) in [5, 5.41) is 15.1. The fourth-order valence-electron chi connectivity index (χ4n) is 4.34. The van der Waals surface area contributed by atoms with Crippen LogP contribution in [0.25, 0.3) is 0 Å². The maximum absolute atomic E-state index is 13.5. The number of halogens is 2. The van der Waals surface area contributed by atoms with Crippen LogP contribution in [0.5, 0.6) is 0 Å². The van der Waals surface area contributed by atoms with Crippen molar-refractivity contribution in [2.45, 2.75) is 45.8 Å². The van der Waals surface area contributed by atoms with Gasteiger partial charge in [-0.15, -0.1) is 0 Å². The van der Waals surface area contributed by atoms with Gasteiger partial charge in [-0.1, -0.05) is 73.4 Å². The van der Waals surface area contributed by atoms with Crippen molar-refractivity contribution in [1.29, 1.82) is 0 Å². The monoisotopic (exact) mass is 520 g/mol. The Bertz CT molecular complexity index is 993. The Morgan fingerprint density at radius 2 is 1.81 bits per heavy atom. The summed E-state index contributed by atoms with van der Waals surface area (Å²) in [6.07, 6.45) is 0.401. The van der Waals surface area contributed by atoms with Crippen LogP contribution in [-0.4, -0.2) is 41.0 Å². The van der Waals surface area contributed by atoms with Crippen molar-refractivity contribution in [2.24, 2.45) is 11.3 Å². The van der Waals surface area contributed by atoms with Gasteiger partial charge in [-0.3, -0.25) is 9.59 Å². The smallest absolute Gasteiger partial charge is 0.251 e. The molecule has 1 saturated heterocycles. The molecule has 0 aliphatic carbocycles. The molecule has 0 spiro atoms. The minimum Gasteiger partial charge on any atom is -0.384 e. The molecule has 0 aromatic heterocycles.